The predicted molar refractivity (Wildman–Crippen MR) is 119 cm³/mol. The molecule has 3 aliphatic rings. The molecule has 2 saturated heterocycles. The number of anilines is 1. The van der Waals surface area contributed by atoms with Crippen molar-refractivity contribution in [1.29, 1.82) is 0 Å². The number of halogens is 4. The molecule has 3 atom stereocenters. The number of fused-ring (bicyclic) bond motifs is 3. The third-order valence-corrected chi connectivity index (χ3v) is 7.17. The Balaban J connectivity index is 1.56. The van der Waals surface area contributed by atoms with Crippen molar-refractivity contribution in [3.63, 3.8) is 0 Å². The van der Waals surface area contributed by atoms with Crippen LogP contribution in [0.25, 0.3) is 0 Å². The van der Waals surface area contributed by atoms with E-state index in [9.17, 15) is 36.7 Å². The Kier molecular flexibility index (Phi) is 4.81. The van der Waals surface area contributed by atoms with Crippen LogP contribution < -0.4 is 4.90 Å². The second-order valence-electron chi connectivity index (χ2n) is 9.06. The van der Waals surface area contributed by atoms with Crippen LogP contribution in [0.1, 0.15) is 37.9 Å². The zero-order valence-corrected chi connectivity index (χ0v) is 18.7. The molecule has 0 radical (unpaired) electrons. The van der Waals surface area contributed by atoms with Crippen LogP contribution >= 0.6 is 0 Å². The fourth-order valence-electron chi connectivity index (χ4n) is 5.62. The van der Waals surface area contributed by atoms with Gasteiger partial charge in [0.15, 0.2) is 0 Å². The fraction of sp³-hybridized carbons (Fsp3) is 0.185. The van der Waals surface area contributed by atoms with Crippen LogP contribution in [0.15, 0.2) is 72.8 Å². The van der Waals surface area contributed by atoms with E-state index < -0.39 is 70.2 Å². The molecule has 0 aromatic heterocycles. The Morgan fingerprint density at radius 1 is 0.757 bits per heavy atom. The molecule has 1 spiro atoms. The van der Waals surface area contributed by atoms with Gasteiger partial charge in [0.1, 0.15) is 5.82 Å². The SMILES string of the molecule is O=C1[C@@H]2[C@H](c3ccc(F)cc3)OC3(C(=O)c4ccccc4C3=O)[C@H]2C(=O)N1c1ccccc1C(F)(F)F. The summed E-state index contributed by atoms with van der Waals surface area (Å²) in [7, 11) is 0. The quantitative estimate of drug-likeness (QED) is 0.288. The molecule has 2 amide bonds. The molecule has 6 rings (SSSR count). The van der Waals surface area contributed by atoms with Crippen molar-refractivity contribution in [1.82, 2.24) is 0 Å². The zero-order chi connectivity index (χ0) is 26.3. The van der Waals surface area contributed by atoms with E-state index in [4.69, 9.17) is 4.74 Å². The van der Waals surface area contributed by atoms with E-state index >= 15 is 0 Å². The third-order valence-electron chi connectivity index (χ3n) is 7.17. The number of amides is 2. The second-order valence-corrected chi connectivity index (χ2v) is 9.06. The van der Waals surface area contributed by atoms with Gasteiger partial charge in [0.05, 0.1) is 29.2 Å². The van der Waals surface area contributed by atoms with Gasteiger partial charge in [0.25, 0.3) is 0 Å². The Bertz CT molecular complexity index is 1480. The summed E-state index contributed by atoms with van der Waals surface area (Å²) in [6.07, 6.45) is -6.26. The molecule has 3 aromatic rings. The summed E-state index contributed by atoms with van der Waals surface area (Å²) in [5, 5.41) is 0. The van der Waals surface area contributed by atoms with Gasteiger partial charge >= 0.3 is 6.18 Å². The van der Waals surface area contributed by atoms with Crippen LogP contribution in [0.3, 0.4) is 0 Å². The first kappa shape index (κ1) is 23.2. The number of Topliss-reactive ketones (excluding diaryl/α,β-unsaturated/α-hetero) is 2. The maximum absolute atomic E-state index is 13.8. The third kappa shape index (κ3) is 3.02. The van der Waals surface area contributed by atoms with Crippen molar-refractivity contribution >= 4 is 29.1 Å². The van der Waals surface area contributed by atoms with Crippen molar-refractivity contribution in [3.05, 3.63) is 101 Å². The number of benzene rings is 3. The summed E-state index contributed by atoms with van der Waals surface area (Å²) in [6.45, 7) is 0. The number of ether oxygens (including phenoxy) is 1. The van der Waals surface area contributed by atoms with E-state index in [0.717, 1.165) is 30.3 Å². The van der Waals surface area contributed by atoms with E-state index in [1.165, 1.54) is 42.5 Å². The van der Waals surface area contributed by atoms with Gasteiger partial charge in [-0.25, -0.2) is 9.29 Å². The van der Waals surface area contributed by atoms with Crippen molar-refractivity contribution in [3.8, 4) is 0 Å². The highest BCUT2D eigenvalue weighted by Crippen LogP contribution is 2.58. The van der Waals surface area contributed by atoms with E-state index in [-0.39, 0.29) is 16.7 Å². The highest BCUT2D eigenvalue weighted by atomic mass is 19.4. The molecule has 0 N–H and O–H groups in total. The molecule has 2 fully saturated rings. The van der Waals surface area contributed by atoms with Gasteiger partial charge in [0, 0.05) is 11.1 Å². The average molecular weight is 509 g/mol. The highest BCUT2D eigenvalue weighted by Gasteiger charge is 2.75. The topological polar surface area (TPSA) is 80.8 Å². The molecule has 2 heterocycles. The molecule has 0 unspecified atom stereocenters. The first-order valence-corrected chi connectivity index (χ1v) is 11.2. The van der Waals surface area contributed by atoms with Gasteiger partial charge in [-0.15, -0.1) is 0 Å². The van der Waals surface area contributed by atoms with Gasteiger partial charge in [-0.05, 0) is 29.8 Å². The number of nitrogens with zero attached hydrogens (tertiary/aromatic N) is 1. The lowest BCUT2D eigenvalue weighted by Gasteiger charge is -2.28. The summed E-state index contributed by atoms with van der Waals surface area (Å²) in [5.41, 5.74) is -4.21. The van der Waals surface area contributed by atoms with Crippen molar-refractivity contribution in [2.75, 3.05) is 4.90 Å². The lowest BCUT2D eigenvalue weighted by Crippen LogP contribution is -2.51. The van der Waals surface area contributed by atoms with E-state index in [1.807, 2.05) is 0 Å². The van der Waals surface area contributed by atoms with Gasteiger partial charge in [0.2, 0.25) is 29.0 Å². The average Bonchev–Trinajstić information content (AvgIpc) is 3.44. The zero-order valence-electron chi connectivity index (χ0n) is 18.7. The summed E-state index contributed by atoms with van der Waals surface area (Å²) < 4.78 is 61.1. The fourth-order valence-corrected chi connectivity index (χ4v) is 5.62. The van der Waals surface area contributed by atoms with Crippen molar-refractivity contribution in [2.45, 2.75) is 17.9 Å². The van der Waals surface area contributed by atoms with Crippen LogP contribution in [-0.4, -0.2) is 29.0 Å². The maximum atomic E-state index is 13.8. The van der Waals surface area contributed by atoms with Crippen LogP contribution in [-0.2, 0) is 20.5 Å². The molecule has 3 aromatic carbocycles. The number of alkyl halides is 3. The van der Waals surface area contributed by atoms with Gasteiger partial charge in [-0.1, -0.05) is 48.5 Å². The number of rotatable bonds is 2. The largest absolute Gasteiger partial charge is 0.418 e. The number of para-hydroxylation sites is 1. The molecule has 37 heavy (non-hydrogen) atoms. The number of imide groups is 1. The Labute approximate surface area is 206 Å². The standard InChI is InChI=1S/C27H15F4NO5/c28-14-11-9-13(10-12-14)21-19-20(26(37-21)22(33)15-5-1-2-6-16(15)23(26)34)25(36)32(24(19)35)18-8-4-3-7-17(18)27(29,30)31/h1-12,19-21H/t19-,20+,21-/m0/s1. The van der Waals surface area contributed by atoms with Gasteiger partial charge in [-0.3, -0.25) is 19.2 Å². The first-order valence-electron chi connectivity index (χ1n) is 11.2. The Hall–Kier alpha value is -4.18. The predicted octanol–water partition coefficient (Wildman–Crippen LogP) is 4.54. The summed E-state index contributed by atoms with van der Waals surface area (Å²) in [5.74, 6) is -7.71. The second kappa shape index (κ2) is 7.66. The first-order chi connectivity index (χ1) is 17.6. The summed E-state index contributed by atoms with van der Waals surface area (Å²) in [4.78, 5) is 55.2. The Morgan fingerprint density at radius 3 is 1.92 bits per heavy atom. The summed E-state index contributed by atoms with van der Waals surface area (Å²) in [6, 6.07) is 14.6. The minimum atomic E-state index is -4.89. The lowest BCUT2D eigenvalue weighted by molar-refractivity contribution is -0.137. The molecule has 6 nitrogen and oxygen atoms in total. The normalized spacial score (nSPS) is 24.2. The number of carbonyl (C=O) groups excluding carboxylic acids is 4. The monoisotopic (exact) mass is 509 g/mol. The molecule has 0 bridgehead atoms. The molecule has 10 heteroatoms. The van der Waals surface area contributed by atoms with Gasteiger partial charge in [-0.2, -0.15) is 13.2 Å². The Morgan fingerprint density at radius 2 is 1.32 bits per heavy atom. The molecular weight excluding hydrogens is 494 g/mol. The smallest absolute Gasteiger partial charge is 0.349 e. The number of hydrogen-bond acceptors (Lipinski definition) is 5. The number of ketones is 2. The number of hydrogen-bond donors (Lipinski definition) is 0. The lowest BCUT2D eigenvalue weighted by atomic mass is 9.77. The molecule has 1 aliphatic carbocycles. The minimum Gasteiger partial charge on any atom is -0.349 e. The maximum Gasteiger partial charge on any atom is 0.418 e. The molecular formula is C27H15F4NO5. The van der Waals surface area contributed by atoms with Crippen LogP contribution in [0, 0.1) is 17.7 Å². The number of carbonyl (C=O) groups is 4. The van der Waals surface area contributed by atoms with Crippen molar-refractivity contribution < 1.29 is 41.5 Å². The van der Waals surface area contributed by atoms with E-state index in [1.54, 1.807) is 0 Å². The van der Waals surface area contributed by atoms with Gasteiger partial charge < -0.3 is 4.74 Å². The van der Waals surface area contributed by atoms with Crippen LogP contribution in [0.5, 0.6) is 0 Å². The highest BCUT2D eigenvalue weighted by molar-refractivity contribution is 6.37. The molecule has 186 valence electrons. The minimum absolute atomic E-state index is 0.0135. The van der Waals surface area contributed by atoms with Crippen molar-refractivity contribution in [2.24, 2.45) is 11.8 Å². The summed E-state index contributed by atoms with van der Waals surface area (Å²) >= 11 is 0. The van der Waals surface area contributed by atoms with Crippen LogP contribution in [0.4, 0.5) is 23.2 Å². The molecule has 0 saturated carbocycles. The van der Waals surface area contributed by atoms with Crippen LogP contribution in [0.2, 0.25) is 0 Å². The van der Waals surface area contributed by atoms with E-state index in [2.05, 4.69) is 0 Å². The molecule has 2 aliphatic heterocycles. The van der Waals surface area contributed by atoms with E-state index in [0.29, 0.717) is 4.90 Å².